The van der Waals surface area contributed by atoms with Gasteiger partial charge >= 0.3 is 0 Å². The Labute approximate surface area is 110 Å². The molecule has 0 radical (unpaired) electrons. The largest absolute Gasteiger partial charge is 0.348 e. The molecule has 3 heteroatoms. The molecule has 0 aliphatic carbocycles. The monoisotopic (exact) mass is 248 g/mol. The Bertz CT molecular complexity index is 403. The fraction of sp³-hybridized carbons (Fsp3) is 0.533. The second-order valence-electron chi connectivity index (χ2n) is 5.61. The van der Waals surface area contributed by atoms with E-state index in [0.29, 0.717) is 6.54 Å². The van der Waals surface area contributed by atoms with Gasteiger partial charge < -0.3 is 11.1 Å². The highest BCUT2D eigenvalue weighted by molar-refractivity contribution is 5.96. The molecule has 0 saturated heterocycles. The van der Waals surface area contributed by atoms with Crippen LogP contribution in [0.3, 0.4) is 0 Å². The first-order chi connectivity index (χ1) is 8.40. The molecule has 1 unspecified atom stereocenters. The average molecular weight is 248 g/mol. The van der Waals surface area contributed by atoms with E-state index in [1.165, 1.54) is 0 Å². The van der Waals surface area contributed by atoms with Crippen molar-refractivity contribution in [2.75, 3.05) is 6.54 Å². The van der Waals surface area contributed by atoms with Gasteiger partial charge in [0.2, 0.25) is 0 Å². The predicted molar refractivity (Wildman–Crippen MR) is 75.7 cm³/mol. The predicted octanol–water partition coefficient (Wildman–Crippen LogP) is 2.45. The van der Waals surface area contributed by atoms with Crippen LogP contribution in [0.15, 0.2) is 24.3 Å². The summed E-state index contributed by atoms with van der Waals surface area (Å²) < 4.78 is 0. The topological polar surface area (TPSA) is 55.1 Å². The summed E-state index contributed by atoms with van der Waals surface area (Å²) in [7, 11) is 0. The van der Waals surface area contributed by atoms with Crippen molar-refractivity contribution in [3.05, 3.63) is 35.4 Å². The van der Waals surface area contributed by atoms with Gasteiger partial charge in [0.05, 0.1) is 0 Å². The maximum Gasteiger partial charge on any atom is 0.251 e. The fourth-order valence-electron chi connectivity index (χ4n) is 1.93. The van der Waals surface area contributed by atoms with E-state index in [1.54, 1.807) is 0 Å². The lowest BCUT2D eigenvalue weighted by Gasteiger charge is -2.23. The third-order valence-electron chi connectivity index (χ3n) is 3.09. The highest BCUT2D eigenvalue weighted by atomic mass is 16.1. The molecule has 0 heterocycles. The Hall–Kier alpha value is -1.35. The number of benzene rings is 1. The minimum atomic E-state index is -0.0433. The maximum atomic E-state index is 12.3. The smallest absolute Gasteiger partial charge is 0.251 e. The van der Waals surface area contributed by atoms with Gasteiger partial charge in [-0.2, -0.15) is 0 Å². The molecule has 1 aromatic carbocycles. The number of carbonyl (C=O) groups excluding carboxylic acids is 1. The van der Waals surface area contributed by atoms with Crippen molar-refractivity contribution >= 4 is 5.91 Å². The Kier molecular flexibility index (Phi) is 4.91. The summed E-state index contributed by atoms with van der Waals surface area (Å²) in [6.07, 6.45) is 0.847. The first-order valence-electron chi connectivity index (χ1n) is 6.50. The molecule has 1 atom stereocenters. The van der Waals surface area contributed by atoms with E-state index in [1.807, 2.05) is 31.2 Å². The molecule has 1 rings (SSSR count). The molecule has 0 aromatic heterocycles. The van der Waals surface area contributed by atoms with Crippen molar-refractivity contribution in [1.82, 2.24) is 5.32 Å². The van der Waals surface area contributed by atoms with Crippen LogP contribution >= 0.6 is 0 Å². The Morgan fingerprint density at radius 1 is 1.33 bits per heavy atom. The van der Waals surface area contributed by atoms with E-state index in [0.717, 1.165) is 17.5 Å². The third kappa shape index (κ3) is 3.57. The SMILES string of the molecule is CCC(CN)NC(=O)c1ccccc1C(C)(C)C. The molecule has 3 N–H and O–H groups in total. The van der Waals surface area contributed by atoms with Gasteiger partial charge in [-0.25, -0.2) is 0 Å². The molecule has 0 bridgehead atoms. The number of nitrogens with two attached hydrogens (primary N) is 1. The van der Waals surface area contributed by atoms with Crippen molar-refractivity contribution in [1.29, 1.82) is 0 Å². The molecule has 0 aliphatic heterocycles. The maximum absolute atomic E-state index is 12.3. The molecule has 0 fully saturated rings. The zero-order valence-corrected chi connectivity index (χ0v) is 11.8. The number of nitrogens with one attached hydrogen (secondary N) is 1. The van der Waals surface area contributed by atoms with Gasteiger partial charge in [-0.15, -0.1) is 0 Å². The summed E-state index contributed by atoms with van der Waals surface area (Å²) in [6.45, 7) is 8.82. The molecule has 0 saturated carbocycles. The molecule has 1 amide bonds. The van der Waals surface area contributed by atoms with E-state index < -0.39 is 0 Å². The first kappa shape index (κ1) is 14.7. The van der Waals surface area contributed by atoms with Gasteiger partial charge in [0.15, 0.2) is 0 Å². The van der Waals surface area contributed by atoms with Gasteiger partial charge in [0.1, 0.15) is 0 Å². The van der Waals surface area contributed by atoms with E-state index in [9.17, 15) is 4.79 Å². The highest BCUT2D eigenvalue weighted by Crippen LogP contribution is 2.25. The third-order valence-corrected chi connectivity index (χ3v) is 3.09. The molecule has 3 nitrogen and oxygen atoms in total. The van der Waals surface area contributed by atoms with Gasteiger partial charge in [-0.05, 0) is 23.5 Å². The van der Waals surface area contributed by atoms with Crippen LogP contribution in [0.5, 0.6) is 0 Å². The fourth-order valence-corrected chi connectivity index (χ4v) is 1.93. The number of rotatable bonds is 4. The van der Waals surface area contributed by atoms with Crippen LogP contribution in [0.1, 0.15) is 50.0 Å². The first-order valence-corrected chi connectivity index (χ1v) is 6.50. The van der Waals surface area contributed by atoms with Crippen molar-refractivity contribution in [3.63, 3.8) is 0 Å². The molecular weight excluding hydrogens is 224 g/mol. The standard InChI is InChI=1S/C15H24N2O/c1-5-11(10-16)17-14(18)12-8-6-7-9-13(12)15(2,3)4/h6-9,11H,5,10,16H2,1-4H3,(H,17,18). The average Bonchev–Trinajstić information content (AvgIpc) is 2.34. The lowest BCUT2D eigenvalue weighted by atomic mass is 9.83. The second kappa shape index (κ2) is 6.01. The summed E-state index contributed by atoms with van der Waals surface area (Å²) in [4.78, 5) is 12.3. The minimum absolute atomic E-state index is 0.0298. The van der Waals surface area contributed by atoms with Crippen LogP contribution in [0, 0.1) is 0 Å². The van der Waals surface area contributed by atoms with Crippen LogP contribution in [0.2, 0.25) is 0 Å². The highest BCUT2D eigenvalue weighted by Gasteiger charge is 2.21. The summed E-state index contributed by atoms with van der Waals surface area (Å²) in [5.74, 6) is -0.0298. The van der Waals surface area contributed by atoms with Crippen molar-refractivity contribution in [3.8, 4) is 0 Å². The Balaban J connectivity index is 2.99. The normalized spacial score (nSPS) is 13.2. The molecular formula is C15H24N2O. The van der Waals surface area contributed by atoms with Crippen LogP contribution in [0.4, 0.5) is 0 Å². The van der Waals surface area contributed by atoms with E-state index in [2.05, 4.69) is 26.1 Å². The zero-order chi connectivity index (χ0) is 13.8. The van der Waals surface area contributed by atoms with Crippen molar-refractivity contribution in [2.24, 2.45) is 5.73 Å². The van der Waals surface area contributed by atoms with Crippen LogP contribution < -0.4 is 11.1 Å². The summed E-state index contributed by atoms with van der Waals surface area (Å²) in [5, 5.41) is 2.98. The van der Waals surface area contributed by atoms with Crippen LogP contribution in [0.25, 0.3) is 0 Å². The van der Waals surface area contributed by atoms with Gasteiger partial charge in [0.25, 0.3) is 5.91 Å². The molecule has 100 valence electrons. The number of hydrogen-bond acceptors (Lipinski definition) is 2. The number of carbonyl (C=O) groups is 1. The van der Waals surface area contributed by atoms with Gasteiger partial charge in [0, 0.05) is 18.2 Å². The van der Waals surface area contributed by atoms with Crippen LogP contribution in [-0.4, -0.2) is 18.5 Å². The Morgan fingerprint density at radius 2 is 1.94 bits per heavy atom. The minimum Gasteiger partial charge on any atom is -0.348 e. The Morgan fingerprint density at radius 3 is 2.44 bits per heavy atom. The van der Waals surface area contributed by atoms with Gasteiger partial charge in [-0.3, -0.25) is 4.79 Å². The van der Waals surface area contributed by atoms with Gasteiger partial charge in [-0.1, -0.05) is 45.9 Å². The van der Waals surface area contributed by atoms with Crippen molar-refractivity contribution < 1.29 is 4.79 Å². The summed E-state index contributed by atoms with van der Waals surface area (Å²) >= 11 is 0. The van der Waals surface area contributed by atoms with E-state index in [-0.39, 0.29) is 17.4 Å². The number of amides is 1. The molecule has 1 aromatic rings. The van der Waals surface area contributed by atoms with Crippen LogP contribution in [-0.2, 0) is 5.41 Å². The van der Waals surface area contributed by atoms with E-state index in [4.69, 9.17) is 5.73 Å². The molecule has 18 heavy (non-hydrogen) atoms. The molecule has 0 aliphatic rings. The number of hydrogen-bond donors (Lipinski definition) is 2. The quantitative estimate of drug-likeness (QED) is 0.860. The van der Waals surface area contributed by atoms with Crippen molar-refractivity contribution in [2.45, 2.75) is 45.6 Å². The lowest BCUT2D eigenvalue weighted by Crippen LogP contribution is -2.40. The molecule has 0 spiro atoms. The zero-order valence-electron chi connectivity index (χ0n) is 11.8. The second-order valence-corrected chi connectivity index (χ2v) is 5.61. The lowest BCUT2D eigenvalue weighted by molar-refractivity contribution is 0.0935. The summed E-state index contributed by atoms with van der Waals surface area (Å²) in [6, 6.07) is 7.80. The van der Waals surface area contributed by atoms with E-state index >= 15 is 0 Å². The summed E-state index contributed by atoms with van der Waals surface area (Å²) in [5.41, 5.74) is 7.39.